The van der Waals surface area contributed by atoms with E-state index in [4.69, 9.17) is 55.9 Å². The van der Waals surface area contributed by atoms with E-state index in [1.165, 1.54) is 12.1 Å². The Kier molecular flexibility index (Phi) is 7.40. The standard InChI is InChI=1S/C19H16Cl4O4/c1-3-19(4-2,17(24)26-13-9-5-7-11(20)15(13)22)18(25)27-14-10-6-8-12(21)16(14)23/h5-10H,3-4H2,1-2H3. The zero-order valence-corrected chi connectivity index (χ0v) is 17.5. The first-order valence-corrected chi connectivity index (χ1v) is 9.60. The van der Waals surface area contributed by atoms with Gasteiger partial charge in [-0.3, -0.25) is 9.59 Å². The van der Waals surface area contributed by atoms with Crippen molar-refractivity contribution in [3.05, 3.63) is 56.5 Å². The largest absolute Gasteiger partial charge is 0.424 e. The van der Waals surface area contributed by atoms with Crippen molar-refractivity contribution in [3.8, 4) is 11.5 Å². The molecule has 0 aliphatic heterocycles. The first-order chi connectivity index (χ1) is 12.8. The molecule has 0 fully saturated rings. The molecular weight excluding hydrogens is 434 g/mol. The summed E-state index contributed by atoms with van der Waals surface area (Å²) in [6.45, 7) is 3.37. The zero-order valence-electron chi connectivity index (χ0n) is 14.5. The minimum Gasteiger partial charge on any atom is -0.424 e. The first kappa shape index (κ1) is 21.8. The molecule has 2 rings (SSSR count). The van der Waals surface area contributed by atoms with Crippen LogP contribution in [-0.2, 0) is 9.59 Å². The summed E-state index contributed by atoms with van der Waals surface area (Å²) in [5.74, 6) is -1.46. The fourth-order valence-corrected chi connectivity index (χ4v) is 3.09. The number of hydrogen-bond donors (Lipinski definition) is 0. The third kappa shape index (κ3) is 4.52. The van der Waals surface area contributed by atoms with Crippen LogP contribution >= 0.6 is 46.4 Å². The van der Waals surface area contributed by atoms with Gasteiger partial charge in [-0.05, 0) is 37.1 Å². The topological polar surface area (TPSA) is 52.6 Å². The van der Waals surface area contributed by atoms with Crippen molar-refractivity contribution in [1.29, 1.82) is 0 Å². The van der Waals surface area contributed by atoms with Gasteiger partial charge in [0.1, 0.15) is 10.0 Å². The number of carbonyl (C=O) groups excluding carboxylic acids is 2. The van der Waals surface area contributed by atoms with Gasteiger partial charge in [-0.2, -0.15) is 0 Å². The van der Waals surface area contributed by atoms with Crippen molar-refractivity contribution in [1.82, 2.24) is 0 Å². The highest BCUT2D eigenvalue weighted by atomic mass is 35.5. The van der Waals surface area contributed by atoms with Crippen molar-refractivity contribution >= 4 is 58.3 Å². The maximum absolute atomic E-state index is 12.9. The third-order valence-corrected chi connectivity index (χ3v) is 5.83. The van der Waals surface area contributed by atoms with Gasteiger partial charge in [0.05, 0.1) is 10.0 Å². The molecule has 0 bridgehead atoms. The van der Waals surface area contributed by atoms with E-state index in [0.717, 1.165) is 0 Å². The molecule has 0 amide bonds. The minimum absolute atomic E-state index is 0.0639. The molecule has 0 atom stereocenters. The molecule has 0 aliphatic carbocycles. The van der Waals surface area contributed by atoms with Crippen LogP contribution in [0.3, 0.4) is 0 Å². The Morgan fingerprint density at radius 3 is 1.48 bits per heavy atom. The highest BCUT2D eigenvalue weighted by Crippen LogP contribution is 2.38. The number of hydrogen-bond acceptors (Lipinski definition) is 4. The first-order valence-electron chi connectivity index (χ1n) is 8.09. The van der Waals surface area contributed by atoms with Gasteiger partial charge in [-0.25, -0.2) is 0 Å². The second-order valence-electron chi connectivity index (χ2n) is 5.67. The molecule has 8 heteroatoms. The lowest BCUT2D eigenvalue weighted by molar-refractivity contribution is -0.161. The Morgan fingerprint density at radius 2 is 1.15 bits per heavy atom. The summed E-state index contributed by atoms with van der Waals surface area (Å²) in [5.41, 5.74) is -1.54. The second kappa shape index (κ2) is 9.16. The van der Waals surface area contributed by atoms with E-state index < -0.39 is 17.4 Å². The molecule has 0 aromatic heterocycles. The highest BCUT2D eigenvalue weighted by molar-refractivity contribution is 6.43. The van der Waals surface area contributed by atoms with Crippen molar-refractivity contribution in [2.45, 2.75) is 26.7 Å². The Bertz CT molecular complexity index is 795. The predicted molar refractivity (Wildman–Crippen MR) is 107 cm³/mol. The normalized spacial score (nSPS) is 11.2. The minimum atomic E-state index is -1.54. The maximum atomic E-state index is 12.9. The molecule has 0 saturated carbocycles. The number of esters is 2. The van der Waals surface area contributed by atoms with Crippen LogP contribution < -0.4 is 9.47 Å². The summed E-state index contributed by atoms with van der Waals surface area (Å²) in [5, 5.41) is 0.627. The van der Waals surface area contributed by atoms with E-state index in [0.29, 0.717) is 0 Å². The lowest BCUT2D eigenvalue weighted by Gasteiger charge is -2.27. The summed E-state index contributed by atoms with van der Waals surface area (Å²) in [6.07, 6.45) is 0.301. The Labute approximate surface area is 177 Å². The summed E-state index contributed by atoms with van der Waals surface area (Å²) >= 11 is 24.0. The summed E-state index contributed by atoms with van der Waals surface area (Å²) in [4.78, 5) is 25.7. The van der Waals surface area contributed by atoms with Crippen LogP contribution in [0.2, 0.25) is 20.1 Å². The van der Waals surface area contributed by atoms with E-state index in [-0.39, 0.29) is 44.4 Å². The third-order valence-electron chi connectivity index (χ3n) is 4.23. The SMILES string of the molecule is CCC(CC)(C(=O)Oc1cccc(Cl)c1Cl)C(=O)Oc1cccc(Cl)c1Cl. The predicted octanol–water partition coefficient (Wildman–Crippen LogP) is 6.62. The molecule has 0 radical (unpaired) electrons. The molecule has 0 heterocycles. The number of rotatable bonds is 6. The van der Waals surface area contributed by atoms with E-state index in [9.17, 15) is 9.59 Å². The molecular formula is C19H16Cl4O4. The smallest absolute Gasteiger partial charge is 0.328 e. The van der Waals surface area contributed by atoms with Gasteiger partial charge in [0, 0.05) is 0 Å². The molecule has 144 valence electrons. The van der Waals surface area contributed by atoms with Crippen LogP contribution in [-0.4, -0.2) is 11.9 Å². The van der Waals surface area contributed by atoms with Crippen molar-refractivity contribution in [3.63, 3.8) is 0 Å². The average molecular weight is 450 g/mol. The summed E-state index contributed by atoms with van der Waals surface area (Å²) in [6, 6.07) is 9.26. The molecule has 0 spiro atoms. The van der Waals surface area contributed by atoms with Crippen LogP contribution in [0.15, 0.2) is 36.4 Å². The molecule has 0 N–H and O–H groups in total. The van der Waals surface area contributed by atoms with E-state index in [2.05, 4.69) is 0 Å². The molecule has 0 unspecified atom stereocenters. The summed E-state index contributed by atoms with van der Waals surface area (Å²) < 4.78 is 10.7. The Hall–Kier alpha value is -1.46. The quantitative estimate of drug-likeness (QED) is 0.282. The summed E-state index contributed by atoms with van der Waals surface area (Å²) in [7, 11) is 0. The van der Waals surface area contributed by atoms with E-state index >= 15 is 0 Å². The van der Waals surface area contributed by atoms with Crippen molar-refractivity contribution < 1.29 is 19.1 Å². The van der Waals surface area contributed by atoms with Crippen molar-refractivity contribution in [2.24, 2.45) is 5.41 Å². The number of halogens is 4. The lowest BCUT2D eigenvalue weighted by atomic mass is 9.82. The Balaban J connectivity index is 2.32. The fourth-order valence-electron chi connectivity index (χ4n) is 2.43. The van der Waals surface area contributed by atoms with Crippen LogP contribution in [0, 0.1) is 5.41 Å². The molecule has 4 nitrogen and oxygen atoms in total. The van der Waals surface area contributed by atoms with Gasteiger partial charge in [0.25, 0.3) is 0 Å². The monoisotopic (exact) mass is 448 g/mol. The highest BCUT2D eigenvalue weighted by Gasteiger charge is 2.47. The van der Waals surface area contributed by atoms with Gasteiger partial charge in [0.15, 0.2) is 16.9 Å². The van der Waals surface area contributed by atoms with Crippen LogP contribution in [0.1, 0.15) is 26.7 Å². The zero-order chi connectivity index (χ0) is 20.2. The second-order valence-corrected chi connectivity index (χ2v) is 7.24. The lowest BCUT2D eigenvalue weighted by Crippen LogP contribution is -2.44. The average Bonchev–Trinajstić information content (AvgIpc) is 2.64. The number of carbonyl (C=O) groups is 2. The number of benzene rings is 2. The maximum Gasteiger partial charge on any atom is 0.328 e. The van der Waals surface area contributed by atoms with E-state index in [1.807, 2.05) is 0 Å². The van der Waals surface area contributed by atoms with Crippen molar-refractivity contribution in [2.75, 3.05) is 0 Å². The molecule has 2 aromatic carbocycles. The fraction of sp³-hybridized carbons (Fsp3) is 0.263. The van der Waals surface area contributed by atoms with Gasteiger partial charge in [-0.1, -0.05) is 72.4 Å². The van der Waals surface area contributed by atoms with Crippen LogP contribution in [0.5, 0.6) is 11.5 Å². The van der Waals surface area contributed by atoms with Gasteiger partial charge < -0.3 is 9.47 Å². The molecule has 0 saturated heterocycles. The molecule has 2 aromatic rings. The molecule has 27 heavy (non-hydrogen) atoms. The number of ether oxygens (including phenoxy) is 2. The van der Waals surface area contributed by atoms with E-state index in [1.54, 1.807) is 38.1 Å². The van der Waals surface area contributed by atoms with Gasteiger partial charge in [0.2, 0.25) is 0 Å². The van der Waals surface area contributed by atoms with Gasteiger partial charge >= 0.3 is 11.9 Å². The van der Waals surface area contributed by atoms with Crippen LogP contribution in [0.25, 0.3) is 0 Å². The molecule has 0 aliphatic rings. The Morgan fingerprint density at radius 1 is 0.778 bits per heavy atom. The van der Waals surface area contributed by atoms with Gasteiger partial charge in [-0.15, -0.1) is 0 Å². The van der Waals surface area contributed by atoms with Crippen LogP contribution in [0.4, 0.5) is 0 Å².